The van der Waals surface area contributed by atoms with Crippen LogP contribution in [0.25, 0.3) is 0 Å². The number of carbonyl (C=O) groups is 1. The molecule has 172 valence electrons. The molecule has 0 aliphatic heterocycles. The molecular weight excluding hydrogens is 466 g/mol. The zero-order valence-corrected chi connectivity index (χ0v) is 19.5. The van der Waals surface area contributed by atoms with Crippen LogP contribution in [-0.2, 0) is 14.8 Å². The predicted molar refractivity (Wildman–Crippen MR) is 128 cm³/mol. The number of anilines is 1. The smallest absolute Gasteiger partial charge is 0.264 e. The van der Waals surface area contributed by atoms with Crippen LogP contribution in [0.15, 0.2) is 76.7 Å². The number of halogens is 1. The lowest BCUT2D eigenvalue weighted by Crippen LogP contribution is -2.40. The van der Waals surface area contributed by atoms with Crippen molar-refractivity contribution in [3.8, 4) is 11.5 Å². The highest BCUT2D eigenvalue weighted by molar-refractivity contribution is 7.92. The molecule has 8 nitrogen and oxygen atoms in total. The van der Waals surface area contributed by atoms with Crippen LogP contribution in [0.1, 0.15) is 11.1 Å². The summed E-state index contributed by atoms with van der Waals surface area (Å²) in [6.07, 6.45) is 1.35. The van der Waals surface area contributed by atoms with Crippen molar-refractivity contribution in [3.63, 3.8) is 0 Å². The summed E-state index contributed by atoms with van der Waals surface area (Å²) in [6, 6.07) is 17.2. The van der Waals surface area contributed by atoms with Gasteiger partial charge in [0.2, 0.25) is 0 Å². The number of hydrogen-bond donors (Lipinski definition) is 2. The normalized spacial score (nSPS) is 11.4. The average molecular weight is 488 g/mol. The number of amides is 1. The van der Waals surface area contributed by atoms with Gasteiger partial charge in [-0.15, -0.1) is 0 Å². The summed E-state index contributed by atoms with van der Waals surface area (Å²) < 4.78 is 32.7. The van der Waals surface area contributed by atoms with E-state index in [0.29, 0.717) is 16.1 Å². The first-order valence-corrected chi connectivity index (χ1v) is 11.6. The first kappa shape index (κ1) is 24.1. The number of methoxy groups -OCH3 is 1. The molecule has 3 aromatic carbocycles. The maximum absolute atomic E-state index is 13.4. The van der Waals surface area contributed by atoms with Crippen LogP contribution in [0.5, 0.6) is 11.5 Å². The summed E-state index contributed by atoms with van der Waals surface area (Å²) in [5, 5.41) is 13.9. The van der Waals surface area contributed by atoms with Crippen molar-refractivity contribution in [3.05, 3.63) is 82.9 Å². The number of carbonyl (C=O) groups excluding carboxylic acids is 1. The first-order chi connectivity index (χ1) is 15.7. The quantitative estimate of drug-likeness (QED) is 0.372. The van der Waals surface area contributed by atoms with Crippen molar-refractivity contribution in [2.75, 3.05) is 18.0 Å². The molecule has 0 heterocycles. The third-order valence-electron chi connectivity index (χ3n) is 4.73. The molecule has 0 bridgehead atoms. The fourth-order valence-corrected chi connectivity index (χ4v) is 4.67. The van der Waals surface area contributed by atoms with Crippen LogP contribution in [0.2, 0.25) is 5.02 Å². The number of hydrogen-bond acceptors (Lipinski definition) is 6. The van der Waals surface area contributed by atoms with Crippen LogP contribution < -0.4 is 14.5 Å². The number of benzene rings is 3. The summed E-state index contributed by atoms with van der Waals surface area (Å²) in [4.78, 5) is 12.7. The Morgan fingerprint density at radius 3 is 2.58 bits per heavy atom. The Hall–Kier alpha value is -3.56. The minimum atomic E-state index is -4.06. The van der Waals surface area contributed by atoms with Gasteiger partial charge in [0.05, 0.1) is 23.9 Å². The van der Waals surface area contributed by atoms with Crippen molar-refractivity contribution in [1.29, 1.82) is 0 Å². The maximum atomic E-state index is 13.4. The zero-order chi connectivity index (χ0) is 24.0. The summed E-state index contributed by atoms with van der Waals surface area (Å²) in [7, 11) is -2.65. The minimum Gasteiger partial charge on any atom is -0.504 e. The Labute approximate surface area is 197 Å². The van der Waals surface area contributed by atoms with Crippen LogP contribution in [0.3, 0.4) is 0 Å². The first-order valence-electron chi connectivity index (χ1n) is 9.76. The molecule has 2 N–H and O–H groups in total. The van der Waals surface area contributed by atoms with Crippen LogP contribution in [0.4, 0.5) is 5.69 Å². The lowest BCUT2D eigenvalue weighted by molar-refractivity contribution is -0.119. The van der Waals surface area contributed by atoms with Crippen molar-refractivity contribution in [2.45, 2.75) is 11.8 Å². The van der Waals surface area contributed by atoms with E-state index in [1.165, 1.54) is 37.6 Å². The highest BCUT2D eigenvalue weighted by Crippen LogP contribution is 2.30. The second kappa shape index (κ2) is 10.4. The largest absolute Gasteiger partial charge is 0.504 e. The molecule has 0 saturated carbocycles. The van der Waals surface area contributed by atoms with Gasteiger partial charge in [0.25, 0.3) is 15.9 Å². The van der Waals surface area contributed by atoms with Gasteiger partial charge >= 0.3 is 0 Å². The SMILES string of the molecule is COc1cc(/C=N\NC(=O)CN(c2cccc(Cl)c2C)S(=O)(=O)c2ccccc2)ccc1O. The monoisotopic (exact) mass is 487 g/mol. The van der Waals surface area contributed by atoms with Gasteiger partial charge in [-0.25, -0.2) is 13.8 Å². The lowest BCUT2D eigenvalue weighted by Gasteiger charge is -2.25. The number of nitrogens with zero attached hydrogens (tertiary/aromatic N) is 2. The molecule has 33 heavy (non-hydrogen) atoms. The van der Waals surface area contributed by atoms with Crippen LogP contribution in [-0.4, -0.2) is 39.3 Å². The van der Waals surface area contributed by atoms with Gasteiger partial charge in [0.1, 0.15) is 6.54 Å². The van der Waals surface area contributed by atoms with Gasteiger partial charge in [-0.3, -0.25) is 9.10 Å². The Bertz CT molecular complexity index is 1280. The van der Waals surface area contributed by atoms with Gasteiger partial charge in [0.15, 0.2) is 11.5 Å². The molecule has 0 atom stereocenters. The molecule has 0 radical (unpaired) electrons. The fourth-order valence-electron chi connectivity index (χ4n) is 3.00. The third-order valence-corrected chi connectivity index (χ3v) is 6.92. The van der Waals surface area contributed by atoms with E-state index in [0.717, 1.165) is 4.31 Å². The summed E-state index contributed by atoms with van der Waals surface area (Å²) in [5.74, 6) is -0.435. The average Bonchev–Trinajstić information content (AvgIpc) is 2.81. The number of phenolic OH excluding ortho intramolecular Hbond substituents is 1. The number of aromatic hydroxyl groups is 1. The Kier molecular flexibility index (Phi) is 7.57. The number of hydrazone groups is 1. The van der Waals surface area contributed by atoms with E-state index in [1.54, 1.807) is 49.4 Å². The molecule has 0 aromatic heterocycles. The molecule has 3 rings (SSSR count). The van der Waals surface area contributed by atoms with Gasteiger partial charge in [-0.05, 0) is 60.5 Å². The van der Waals surface area contributed by atoms with Gasteiger partial charge in [0, 0.05) is 5.02 Å². The number of ether oxygens (including phenoxy) is 1. The molecule has 0 unspecified atom stereocenters. The molecular formula is C23H22ClN3O5S. The number of sulfonamides is 1. The second-order valence-corrected chi connectivity index (χ2v) is 9.20. The second-order valence-electron chi connectivity index (χ2n) is 6.93. The highest BCUT2D eigenvalue weighted by atomic mass is 35.5. The molecule has 0 fully saturated rings. The summed E-state index contributed by atoms with van der Waals surface area (Å²) >= 11 is 6.20. The molecule has 0 saturated heterocycles. The van der Waals surface area contributed by atoms with Crippen molar-refractivity contribution in [2.24, 2.45) is 5.10 Å². The van der Waals surface area contributed by atoms with Gasteiger partial charge in [-0.2, -0.15) is 5.10 Å². The fraction of sp³-hybridized carbons (Fsp3) is 0.130. The van der Waals surface area contributed by atoms with E-state index >= 15 is 0 Å². The van der Waals surface area contributed by atoms with E-state index in [2.05, 4.69) is 10.5 Å². The summed E-state index contributed by atoms with van der Waals surface area (Å²) in [6.45, 7) is 1.16. The zero-order valence-electron chi connectivity index (χ0n) is 17.9. The number of phenols is 1. The van der Waals surface area contributed by atoms with Crippen molar-refractivity contribution in [1.82, 2.24) is 5.43 Å². The molecule has 10 heteroatoms. The Morgan fingerprint density at radius 1 is 1.15 bits per heavy atom. The number of rotatable bonds is 8. The van der Waals surface area contributed by atoms with Gasteiger partial charge in [-0.1, -0.05) is 35.9 Å². The van der Waals surface area contributed by atoms with Gasteiger partial charge < -0.3 is 9.84 Å². The van der Waals surface area contributed by atoms with E-state index in [-0.39, 0.29) is 22.1 Å². The predicted octanol–water partition coefficient (Wildman–Crippen LogP) is 3.71. The third kappa shape index (κ3) is 5.63. The molecule has 3 aromatic rings. The van der Waals surface area contributed by atoms with E-state index in [4.69, 9.17) is 16.3 Å². The van der Waals surface area contributed by atoms with Crippen molar-refractivity contribution >= 4 is 39.4 Å². The Balaban J connectivity index is 1.86. The van der Waals surface area contributed by atoms with Crippen LogP contribution in [0, 0.1) is 6.92 Å². The molecule has 0 aliphatic carbocycles. The molecule has 0 aliphatic rings. The molecule has 1 amide bonds. The Morgan fingerprint density at radius 2 is 1.88 bits per heavy atom. The molecule has 0 spiro atoms. The van der Waals surface area contributed by atoms with E-state index in [9.17, 15) is 18.3 Å². The minimum absolute atomic E-state index is 0.0302. The van der Waals surface area contributed by atoms with Crippen molar-refractivity contribution < 1.29 is 23.1 Å². The highest BCUT2D eigenvalue weighted by Gasteiger charge is 2.28. The standard InChI is InChI=1S/C23H22ClN3O5S/c1-16-19(24)9-6-10-20(16)27(33(30,31)18-7-4-3-5-8-18)15-23(29)26-25-14-17-11-12-21(28)22(13-17)32-2/h3-14,28H,15H2,1-2H3,(H,26,29)/b25-14-. The maximum Gasteiger partial charge on any atom is 0.264 e. The number of nitrogens with one attached hydrogen (secondary N) is 1. The van der Waals surface area contributed by atoms with Crippen LogP contribution >= 0.6 is 11.6 Å². The topological polar surface area (TPSA) is 108 Å². The lowest BCUT2D eigenvalue weighted by atomic mass is 10.2. The van der Waals surface area contributed by atoms with E-state index < -0.39 is 22.5 Å². The summed E-state index contributed by atoms with van der Waals surface area (Å²) in [5.41, 5.74) is 3.69. The van der Waals surface area contributed by atoms with E-state index in [1.807, 2.05) is 0 Å².